The molecule has 0 aromatic heterocycles. The molecule has 2 N–H and O–H groups in total. The average Bonchev–Trinajstić information content (AvgIpc) is 2.19. The fourth-order valence-electron chi connectivity index (χ4n) is 1.11. The molecule has 1 aromatic carbocycles. The standard InChI is InChI=1S/C12H14ClNO2/c1-8-3-4-10(6-11(8)13)7-16-12(15)5-9(2)14/h3-6H,7,14H2,1-2H3/b9-5-. The maximum atomic E-state index is 11.2. The Morgan fingerprint density at radius 1 is 1.56 bits per heavy atom. The smallest absolute Gasteiger partial charge is 0.332 e. The molecule has 86 valence electrons. The highest BCUT2D eigenvalue weighted by Gasteiger charge is 2.01. The van der Waals surface area contributed by atoms with Gasteiger partial charge in [0.1, 0.15) is 6.61 Å². The lowest BCUT2D eigenvalue weighted by molar-refractivity contribution is -0.139. The van der Waals surface area contributed by atoms with Crippen LogP contribution in [0.2, 0.25) is 5.02 Å². The van der Waals surface area contributed by atoms with Gasteiger partial charge in [-0.05, 0) is 31.0 Å². The zero-order valence-corrected chi connectivity index (χ0v) is 10.0. The Kier molecular flexibility index (Phi) is 4.38. The lowest BCUT2D eigenvalue weighted by Crippen LogP contribution is -2.04. The minimum atomic E-state index is -0.448. The summed E-state index contributed by atoms with van der Waals surface area (Å²) in [6.45, 7) is 3.74. The number of carbonyl (C=O) groups excluding carboxylic acids is 1. The van der Waals surface area contributed by atoms with Gasteiger partial charge in [-0.3, -0.25) is 0 Å². The van der Waals surface area contributed by atoms with Crippen molar-refractivity contribution in [3.63, 3.8) is 0 Å². The van der Waals surface area contributed by atoms with Crippen molar-refractivity contribution < 1.29 is 9.53 Å². The van der Waals surface area contributed by atoms with Crippen molar-refractivity contribution >= 4 is 17.6 Å². The number of hydrogen-bond donors (Lipinski definition) is 1. The molecular formula is C12H14ClNO2. The quantitative estimate of drug-likeness (QED) is 0.652. The number of rotatable bonds is 3. The summed E-state index contributed by atoms with van der Waals surface area (Å²) in [5.74, 6) is -0.448. The summed E-state index contributed by atoms with van der Waals surface area (Å²) >= 11 is 5.94. The van der Waals surface area contributed by atoms with Crippen LogP contribution in [-0.2, 0) is 16.1 Å². The van der Waals surface area contributed by atoms with Gasteiger partial charge in [0, 0.05) is 16.8 Å². The summed E-state index contributed by atoms with van der Waals surface area (Å²) < 4.78 is 4.98. The molecule has 0 atom stereocenters. The van der Waals surface area contributed by atoms with E-state index in [1.165, 1.54) is 6.08 Å². The molecule has 0 saturated heterocycles. The van der Waals surface area contributed by atoms with E-state index in [0.717, 1.165) is 11.1 Å². The van der Waals surface area contributed by atoms with E-state index in [-0.39, 0.29) is 6.61 Å². The molecule has 4 heteroatoms. The first kappa shape index (κ1) is 12.6. The van der Waals surface area contributed by atoms with Crippen LogP contribution in [0.4, 0.5) is 0 Å². The van der Waals surface area contributed by atoms with E-state index < -0.39 is 5.97 Å². The summed E-state index contributed by atoms with van der Waals surface area (Å²) in [7, 11) is 0. The van der Waals surface area contributed by atoms with Gasteiger partial charge in [-0.2, -0.15) is 0 Å². The summed E-state index contributed by atoms with van der Waals surface area (Å²) in [4.78, 5) is 11.2. The van der Waals surface area contributed by atoms with Crippen LogP contribution >= 0.6 is 11.6 Å². The molecule has 0 spiro atoms. The summed E-state index contributed by atoms with van der Waals surface area (Å²) in [6.07, 6.45) is 1.25. The van der Waals surface area contributed by atoms with Gasteiger partial charge in [0.2, 0.25) is 0 Å². The monoisotopic (exact) mass is 239 g/mol. The third-order valence-electron chi connectivity index (χ3n) is 1.96. The fourth-order valence-corrected chi connectivity index (χ4v) is 1.31. The first-order valence-electron chi connectivity index (χ1n) is 4.84. The molecule has 0 radical (unpaired) electrons. The number of carbonyl (C=O) groups is 1. The number of esters is 1. The van der Waals surface area contributed by atoms with E-state index in [1.54, 1.807) is 13.0 Å². The van der Waals surface area contributed by atoms with E-state index in [9.17, 15) is 4.79 Å². The first-order chi connectivity index (χ1) is 7.49. The second-order valence-electron chi connectivity index (χ2n) is 3.58. The maximum Gasteiger partial charge on any atom is 0.332 e. The zero-order chi connectivity index (χ0) is 12.1. The molecule has 0 aliphatic rings. The molecule has 0 aliphatic heterocycles. The van der Waals surface area contributed by atoms with Crippen molar-refractivity contribution in [3.8, 4) is 0 Å². The van der Waals surface area contributed by atoms with Crippen LogP contribution in [0.3, 0.4) is 0 Å². The number of halogens is 1. The SMILES string of the molecule is C/C(N)=C/C(=O)OCc1ccc(C)c(Cl)c1. The summed E-state index contributed by atoms with van der Waals surface area (Å²) in [5, 5.41) is 0.666. The molecule has 1 rings (SSSR count). The van der Waals surface area contributed by atoms with Crippen molar-refractivity contribution in [2.75, 3.05) is 0 Å². The molecule has 0 saturated carbocycles. The van der Waals surface area contributed by atoms with Crippen molar-refractivity contribution in [2.24, 2.45) is 5.73 Å². The van der Waals surface area contributed by atoms with Crippen molar-refractivity contribution in [1.82, 2.24) is 0 Å². The molecule has 0 fully saturated rings. The minimum Gasteiger partial charge on any atom is -0.458 e. The Bertz CT molecular complexity index is 423. The third-order valence-corrected chi connectivity index (χ3v) is 2.37. The van der Waals surface area contributed by atoms with Crippen molar-refractivity contribution in [1.29, 1.82) is 0 Å². The number of aryl methyl sites for hydroxylation is 1. The molecule has 1 aromatic rings. The summed E-state index contributed by atoms with van der Waals surface area (Å²) in [6, 6.07) is 5.53. The van der Waals surface area contributed by atoms with Gasteiger partial charge < -0.3 is 10.5 Å². The number of benzene rings is 1. The van der Waals surface area contributed by atoms with Gasteiger partial charge in [-0.25, -0.2) is 4.79 Å². The van der Waals surface area contributed by atoms with Gasteiger partial charge >= 0.3 is 5.97 Å². The highest BCUT2D eigenvalue weighted by atomic mass is 35.5. The van der Waals surface area contributed by atoms with Gasteiger partial charge in [-0.15, -0.1) is 0 Å². The van der Waals surface area contributed by atoms with Gasteiger partial charge in [0.25, 0.3) is 0 Å². The zero-order valence-electron chi connectivity index (χ0n) is 9.29. The number of ether oxygens (including phenoxy) is 1. The van der Waals surface area contributed by atoms with Gasteiger partial charge in [0.15, 0.2) is 0 Å². The Hall–Kier alpha value is -1.48. The molecule has 0 amide bonds. The normalized spacial score (nSPS) is 11.3. The number of hydrogen-bond acceptors (Lipinski definition) is 3. The van der Waals surface area contributed by atoms with E-state index in [0.29, 0.717) is 10.7 Å². The predicted octanol–water partition coefficient (Wildman–Crippen LogP) is 2.55. The first-order valence-corrected chi connectivity index (χ1v) is 5.22. The second kappa shape index (κ2) is 5.56. The molecule has 0 heterocycles. The van der Waals surface area contributed by atoms with Crippen molar-refractivity contribution in [3.05, 3.63) is 46.1 Å². The molecule has 16 heavy (non-hydrogen) atoms. The highest BCUT2D eigenvalue weighted by molar-refractivity contribution is 6.31. The van der Waals surface area contributed by atoms with Crippen molar-refractivity contribution in [2.45, 2.75) is 20.5 Å². The summed E-state index contributed by atoms with van der Waals surface area (Å²) in [5.41, 5.74) is 7.62. The lowest BCUT2D eigenvalue weighted by atomic mass is 10.2. The topological polar surface area (TPSA) is 52.3 Å². The lowest BCUT2D eigenvalue weighted by Gasteiger charge is -2.04. The van der Waals surface area contributed by atoms with Gasteiger partial charge in [0.05, 0.1) is 0 Å². The molecule has 0 bridgehead atoms. The molecule has 0 unspecified atom stereocenters. The highest BCUT2D eigenvalue weighted by Crippen LogP contribution is 2.17. The fraction of sp³-hybridized carbons (Fsp3) is 0.250. The maximum absolute atomic E-state index is 11.2. The van der Waals surface area contributed by atoms with Crippen LogP contribution in [0.1, 0.15) is 18.1 Å². The Morgan fingerprint density at radius 2 is 2.25 bits per heavy atom. The molecular weight excluding hydrogens is 226 g/mol. The average molecular weight is 240 g/mol. The van der Waals surface area contributed by atoms with Crippen LogP contribution in [0.15, 0.2) is 30.0 Å². The second-order valence-corrected chi connectivity index (χ2v) is 3.99. The van der Waals surface area contributed by atoms with Crippen LogP contribution < -0.4 is 5.73 Å². The van der Waals surface area contributed by atoms with E-state index in [2.05, 4.69) is 0 Å². The predicted molar refractivity (Wildman–Crippen MR) is 63.9 cm³/mol. The van der Waals surface area contributed by atoms with Crippen LogP contribution in [-0.4, -0.2) is 5.97 Å². The largest absolute Gasteiger partial charge is 0.458 e. The van der Waals surface area contributed by atoms with Crippen LogP contribution in [0.5, 0.6) is 0 Å². The number of allylic oxidation sites excluding steroid dienone is 1. The van der Waals surface area contributed by atoms with Crippen LogP contribution in [0.25, 0.3) is 0 Å². The molecule has 3 nitrogen and oxygen atoms in total. The van der Waals surface area contributed by atoms with E-state index >= 15 is 0 Å². The number of nitrogens with two attached hydrogens (primary N) is 1. The Labute approximate surface area is 99.8 Å². The Balaban J connectivity index is 2.58. The van der Waals surface area contributed by atoms with Gasteiger partial charge in [-0.1, -0.05) is 23.7 Å². The third kappa shape index (κ3) is 3.95. The Morgan fingerprint density at radius 3 is 2.81 bits per heavy atom. The molecule has 0 aliphatic carbocycles. The van der Waals surface area contributed by atoms with E-state index in [4.69, 9.17) is 22.1 Å². The minimum absolute atomic E-state index is 0.197. The van der Waals surface area contributed by atoms with Crippen LogP contribution in [0, 0.1) is 6.92 Å². The van der Waals surface area contributed by atoms with E-state index in [1.807, 2.05) is 19.1 Å².